The molecule has 1 aliphatic rings. The molecule has 0 bridgehead atoms. The van der Waals surface area contributed by atoms with Crippen molar-refractivity contribution in [1.82, 2.24) is 10.6 Å². The van der Waals surface area contributed by atoms with Crippen molar-refractivity contribution in [3.8, 4) is 0 Å². The van der Waals surface area contributed by atoms with Crippen LogP contribution < -0.4 is 10.6 Å². The van der Waals surface area contributed by atoms with Crippen molar-refractivity contribution in [3.63, 3.8) is 0 Å². The molecule has 4 nitrogen and oxygen atoms in total. The lowest BCUT2D eigenvalue weighted by molar-refractivity contribution is -0.122. The van der Waals surface area contributed by atoms with E-state index in [4.69, 9.17) is 0 Å². The minimum absolute atomic E-state index is 0.187. The fraction of sp³-hybridized carbons (Fsp3) is 0.385. The lowest BCUT2D eigenvalue weighted by Crippen LogP contribution is -2.45. The summed E-state index contributed by atoms with van der Waals surface area (Å²) in [5.41, 5.74) is 0.369. The Kier molecular flexibility index (Phi) is 4.38. The van der Waals surface area contributed by atoms with Crippen LogP contribution in [0.4, 0.5) is 4.39 Å². The van der Waals surface area contributed by atoms with Crippen molar-refractivity contribution in [1.29, 1.82) is 0 Å². The quantitative estimate of drug-likeness (QED) is 0.788. The summed E-state index contributed by atoms with van der Waals surface area (Å²) >= 11 is 1.89. The molecule has 0 aliphatic heterocycles. The van der Waals surface area contributed by atoms with Gasteiger partial charge in [0.05, 0.1) is 5.56 Å². The first kappa shape index (κ1) is 14.2. The number of halogens is 2. The zero-order valence-corrected chi connectivity index (χ0v) is 12.5. The van der Waals surface area contributed by atoms with Gasteiger partial charge in [-0.3, -0.25) is 9.59 Å². The molecule has 0 saturated heterocycles. The third-order valence-corrected chi connectivity index (χ3v) is 3.73. The molecule has 6 heteroatoms. The standard InChI is InChI=1S/C13H14FIN2O2/c1-7(12(18)17-9-3-4-9)16-13(19)10-5-2-8(14)6-11(10)15/h2,5-7,9H,3-4H2,1H3,(H,16,19)(H,17,18). The summed E-state index contributed by atoms with van der Waals surface area (Å²) in [7, 11) is 0. The second-order valence-electron chi connectivity index (χ2n) is 4.60. The Balaban J connectivity index is 1.97. The number of rotatable bonds is 4. The van der Waals surface area contributed by atoms with Crippen molar-refractivity contribution in [2.75, 3.05) is 0 Å². The van der Waals surface area contributed by atoms with E-state index in [0.29, 0.717) is 9.13 Å². The molecule has 1 unspecified atom stereocenters. The summed E-state index contributed by atoms with van der Waals surface area (Å²) < 4.78 is 13.5. The molecule has 1 aromatic carbocycles. The van der Waals surface area contributed by atoms with E-state index < -0.39 is 6.04 Å². The molecule has 19 heavy (non-hydrogen) atoms. The van der Waals surface area contributed by atoms with Crippen LogP contribution in [0.25, 0.3) is 0 Å². The maximum absolute atomic E-state index is 13.0. The first-order valence-corrected chi connectivity index (χ1v) is 7.11. The van der Waals surface area contributed by atoms with E-state index in [1.165, 1.54) is 18.2 Å². The number of amides is 2. The molecule has 1 saturated carbocycles. The summed E-state index contributed by atoms with van der Waals surface area (Å²) in [5.74, 6) is -0.948. The minimum Gasteiger partial charge on any atom is -0.352 e. The highest BCUT2D eigenvalue weighted by Gasteiger charge is 2.26. The van der Waals surface area contributed by atoms with Gasteiger partial charge in [-0.1, -0.05) is 0 Å². The van der Waals surface area contributed by atoms with Crippen LogP contribution in [0.3, 0.4) is 0 Å². The summed E-state index contributed by atoms with van der Waals surface area (Å²) in [6, 6.07) is 3.58. The van der Waals surface area contributed by atoms with Gasteiger partial charge in [-0.2, -0.15) is 0 Å². The van der Waals surface area contributed by atoms with Crippen LogP contribution in [0.5, 0.6) is 0 Å². The molecule has 0 radical (unpaired) electrons. The van der Waals surface area contributed by atoms with Crippen LogP contribution in [-0.4, -0.2) is 23.9 Å². The molecule has 1 aliphatic carbocycles. The Bertz CT molecular complexity index is 517. The van der Waals surface area contributed by atoms with Crippen molar-refractivity contribution in [2.24, 2.45) is 0 Å². The van der Waals surface area contributed by atoms with Crippen molar-refractivity contribution in [2.45, 2.75) is 31.8 Å². The summed E-state index contributed by atoms with van der Waals surface area (Å²) in [6.45, 7) is 1.63. The Morgan fingerprint density at radius 1 is 1.42 bits per heavy atom. The topological polar surface area (TPSA) is 58.2 Å². The molecule has 2 amide bonds. The Morgan fingerprint density at radius 2 is 2.11 bits per heavy atom. The molecule has 0 spiro atoms. The third kappa shape index (κ3) is 3.89. The highest BCUT2D eigenvalue weighted by Crippen LogP contribution is 2.18. The predicted octanol–water partition coefficient (Wildman–Crippen LogP) is 1.83. The monoisotopic (exact) mass is 376 g/mol. The molecule has 2 N–H and O–H groups in total. The van der Waals surface area contributed by atoms with Gasteiger partial charge in [-0.05, 0) is 60.6 Å². The van der Waals surface area contributed by atoms with Crippen LogP contribution in [0.15, 0.2) is 18.2 Å². The van der Waals surface area contributed by atoms with Crippen molar-refractivity contribution >= 4 is 34.4 Å². The number of hydrogen-bond acceptors (Lipinski definition) is 2. The maximum atomic E-state index is 13.0. The molecule has 102 valence electrons. The van der Waals surface area contributed by atoms with Crippen LogP contribution in [-0.2, 0) is 4.79 Å². The van der Waals surface area contributed by atoms with Gasteiger partial charge in [0, 0.05) is 9.61 Å². The predicted molar refractivity (Wildman–Crippen MR) is 77.2 cm³/mol. The second kappa shape index (κ2) is 5.85. The molecule has 1 atom stereocenters. The number of hydrogen-bond donors (Lipinski definition) is 2. The molecular formula is C13H14FIN2O2. The normalized spacial score (nSPS) is 15.7. The van der Waals surface area contributed by atoms with Gasteiger partial charge in [0.1, 0.15) is 11.9 Å². The third-order valence-electron chi connectivity index (χ3n) is 2.84. The zero-order valence-electron chi connectivity index (χ0n) is 10.4. The van der Waals surface area contributed by atoms with E-state index in [1.54, 1.807) is 6.92 Å². The van der Waals surface area contributed by atoms with Gasteiger partial charge in [0.2, 0.25) is 5.91 Å². The van der Waals surface area contributed by atoms with Crippen molar-refractivity contribution < 1.29 is 14.0 Å². The van der Waals surface area contributed by atoms with E-state index in [9.17, 15) is 14.0 Å². The summed E-state index contributed by atoms with van der Waals surface area (Å²) in [5, 5.41) is 5.43. The molecule has 1 fully saturated rings. The van der Waals surface area contributed by atoms with Gasteiger partial charge in [-0.15, -0.1) is 0 Å². The van der Waals surface area contributed by atoms with E-state index >= 15 is 0 Å². The zero-order chi connectivity index (χ0) is 14.0. The van der Waals surface area contributed by atoms with Crippen LogP contribution in [0.1, 0.15) is 30.1 Å². The fourth-order valence-corrected chi connectivity index (χ4v) is 2.29. The number of carbonyl (C=O) groups excluding carboxylic acids is 2. The van der Waals surface area contributed by atoms with Gasteiger partial charge < -0.3 is 10.6 Å². The Labute approximate surface area is 124 Å². The van der Waals surface area contributed by atoms with E-state index in [2.05, 4.69) is 10.6 Å². The van der Waals surface area contributed by atoms with Gasteiger partial charge in [-0.25, -0.2) is 4.39 Å². The van der Waals surface area contributed by atoms with Gasteiger partial charge in [0.15, 0.2) is 0 Å². The summed E-state index contributed by atoms with van der Waals surface area (Å²) in [6.07, 6.45) is 2.00. The number of benzene rings is 1. The molecular weight excluding hydrogens is 362 g/mol. The maximum Gasteiger partial charge on any atom is 0.252 e. The van der Waals surface area contributed by atoms with Crippen LogP contribution in [0, 0.1) is 9.39 Å². The summed E-state index contributed by atoms with van der Waals surface area (Å²) in [4.78, 5) is 23.7. The van der Waals surface area contributed by atoms with Gasteiger partial charge >= 0.3 is 0 Å². The lowest BCUT2D eigenvalue weighted by atomic mass is 10.2. The first-order chi connectivity index (χ1) is 8.97. The van der Waals surface area contributed by atoms with E-state index in [0.717, 1.165) is 12.8 Å². The molecule has 2 rings (SSSR count). The highest BCUT2D eigenvalue weighted by molar-refractivity contribution is 14.1. The average molecular weight is 376 g/mol. The fourth-order valence-electron chi connectivity index (χ4n) is 1.57. The van der Waals surface area contributed by atoms with E-state index in [-0.39, 0.29) is 23.7 Å². The van der Waals surface area contributed by atoms with Crippen LogP contribution >= 0.6 is 22.6 Å². The molecule has 0 aromatic heterocycles. The minimum atomic E-state index is -0.603. The Morgan fingerprint density at radius 3 is 2.68 bits per heavy atom. The SMILES string of the molecule is CC(NC(=O)c1ccc(F)cc1I)C(=O)NC1CC1. The highest BCUT2D eigenvalue weighted by atomic mass is 127. The number of carbonyl (C=O) groups is 2. The average Bonchev–Trinajstić information content (AvgIpc) is 3.12. The second-order valence-corrected chi connectivity index (χ2v) is 5.76. The first-order valence-electron chi connectivity index (χ1n) is 6.03. The molecule has 1 aromatic rings. The largest absolute Gasteiger partial charge is 0.352 e. The van der Waals surface area contributed by atoms with Crippen molar-refractivity contribution in [3.05, 3.63) is 33.1 Å². The van der Waals surface area contributed by atoms with E-state index in [1.807, 2.05) is 22.6 Å². The Hall–Kier alpha value is -1.18. The number of nitrogens with one attached hydrogen (secondary N) is 2. The molecule has 0 heterocycles. The van der Waals surface area contributed by atoms with Crippen LogP contribution in [0.2, 0.25) is 0 Å². The smallest absolute Gasteiger partial charge is 0.252 e. The van der Waals surface area contributed by atoms with Gasteiger partial charge in [0.25, 0.3) is 5.91 Å². The lowest BCUT2D eigenvalue weighted by Gasteiger charge is -2.14.